The number of methoxy groups -OCH3 is 1. The van der Waals surface area contributed by atoms with Crippen LogP contribution in [0.25, 0.3) is 0 Å². The van der Waals surface area contributed by atoms with Gasteiger partial charge in [0.2, 0.25) is 0 Å². The van der Waals surface area contributed by atoms with Crippen LogP contribution < -0.4 is 14.8 Å². The SMILES string of the molecule is COc1ccc(C)cc1[C@@H](C)NC(=O)COc1cc(C)cc(C)c1. The molecular weight excluding hydrogens is 302 g/mol. The third-order valence-corrected chi connectivity index (χ3v) is 3.79. The van der Waals surface area contributed by atoms with E-state index in [1.165, 1.54) is 0 Å². The fourth-order valence-corrected chi connectivity index (χ4v) is 2.72. The molecule has 0 saturated heterocycles. The maximum atomic E-state index is 12.2. The molecule has 1 N–H and O–H groups in total. The highest BCUT2D eigenvalue weighted by Crippen LogP contribution is 2.26. The number of carbonyl (C=O) groups excluding carboxylic acids is 1. The molecule has 2 aromatic rings. The zero-order valence-corrected chi connectivity index (χ0v) is 15.0. The number of amides is 1. The Labute approximate surface area is 143 Å². The van der Waals surface area contributed by atoms with E-state index in [0.717, 1.165) is 28.0 Å². The highest BCUT2D eigenvalue weighted by Gasteiger charge is 2.14. The van der Waals surface area contributed by atoms with E-state index in [2.05, 4.69) is 11.4 Å². The molecule has 24 heavy (non-hydrogen) atoms. The summed E-state index contributed by atoms with van der Waals surface area (Å²) in [6.45, 7) is 7.95. The monoisotopic (exact) mass is 327 g/mol. The van der Waals surface area contributed by atoms with Gasteiger partial charge in [-0.1, -0.05) is 23.8 Å². The summed E-state index contributed by atoms with van der Waals surface area (Å²) in [6.07, 6.45) is 0. The Morgan fingerprint density at radius 2 is 1.71 bits per heavy atom. The van der Waals surface area contributed by atoms with Gasteiger partial charge in [-0.3, -0.25) is 4.79 Å². The molecular formula is C20H25NO3. The van der Waals surface area contributed by atoms with Crippen LogP contribution in [0.1, 0.15) is 35.2 Å². The molecule has 0 bridgehead atoms. The summed E-state index contributed by atoms with van der Waals surface area (Å²) in [5.41, 5.74) is 4.31. The van der Waals surface area contributed by atoms with Crippen molar-refractivity contribution in [1.82, 2.24) is 5.32 Å². The zero-order valence-electron chi connectivity index (χ0n) is 15.0. The number of hydrogen-bond acceptors (Lipinski definition) is 3. The van der Waals surface area contributed by atoms with Crippen LogP contribution in [-0.2, 0) is 4.79 Å². The summed E-state index contributed by atoms with van der Waals surface area (Å²) in [6, 6.07) is 11.7. The second kappa shape index (κ2) is 7.86. The molecule has 2 aromatic carbocycles. The van der Waals surface area contributed by atoms with Gasteiger partial charge in [-0.05, 0) is 57.0 Å². The van der Waals surface area contributed by atoms with Crippen molar-refractivity contribution < 1.29 is 14.3 Å². The molecule has 4 nitrogen and oxygen atoms in total. The molecule has 1 amide bonds. The van der Waals surface area contributed by atoms with Gasteiger partial charge in [0.15, 0.2) is 6.61 Å². The van der Waals surface area contributed by atoms with Crippen LogP contribution in [0, 0.1) is 20.8 Å². The lowest BCUT2D eigenvalue weighted by Crippen LogP contribution is -2.31. The number of carbonyl (C=O) groups is 1. The third kappa shape index (κ3) is 4.75. The lowest BCUT2D eigenvalue weighted by Gasteiger charge is -2.18. The predicted molar refractivity (Wildman–Crippen MR) is 95.7 cm³/mol. The number of ether oxygens (including phenoxy) is 2. The van der Waals surface area contributed by atoms with Crippen LogP contribution in [0.15, 0.2) is 36.4 Å². The van der Waals surface area contributed by atoms with Crippen molar-refractivity contribution in [3.63, 3.8) is 0 Å². The van der Waals surface area contributed by atoms with Gasteiger partial charge >= 0.3 is 0 Å². The summed E-state index contributed by atoms with van der Waals surface area (Å²) in [4.78, 5) is 12.2. The van der Waals surface area contributed by atoms with Crippen molar-refractivity contribution in [3.05, 3.63) is 58.7 Å². The molecule has 128 valence electrons. The normalized spacial score (nSPS) is 11.7. The van der Waals surface area contributed by atoms with Gasteiger partial charge in [-0.25, -0.2) is 0 Å². The molecule has 0 aliphatic carbocycles. The van der Waals surface area contributed by atoms with Crippen molar-refractivity contribution in [2.75, 3.05) is 13.7 Å². The first kappa shape index (κ1) is 17.9. The zero-order chi connectivity index (χ0) is 17.7. The molecule has 0 unspecified atom stereocenters. The second-order valence-electron chi connectivity index (χ2n) is 6.15. The minimum Gasteiger partial charge on any atom is -0.496 e. The van der Waals surface area contributed by atoms with Crippen LogP contribution >= 0.6 is 0 Å². The van der Waals surface area contributed by atoms with E-state index in [-0.39, 0.29) is 18.6 Å². The van der Waals surface area contributed by atoms with Gasteiger partial charge < -0.3 is 14.8 Å². The van der Waals surface area contributed by atoms with Crippen molar-refractivity contribution in [2.45, 2.75) is 33.7 Å². The van der Waals surface area contributed by atoms with Crippen molar-refractivity contribution in [3.8, 4) is 11.5 Å². The Balaban J connectivity index is 1.98. The minimum atomic E-state index is -0.162. The number of hydrogen-bond donors (Lipinski definition) is 1. The molecule has 0 radical (unpaired) electrons. The van der Waals surface area contributed by atoms with Crippen molar-refractivity contribution in [2.24, 2.45) is 0 Å². The Kier molecular flexibility index (Phi) is 5.85. The molecule has 0 fully saturated rings. The van der Waals surface area contributed by atoms with E-state index in [1.54, 1.807) is 7.11 Å². The van der Waals surface area contributed by atoms with Crippen LogP contribution in [0.2, 0.25) is 0 Å². The quantitative estimate of drug-likeness (QED) is 0.876. The Morgan fingerprint density at radius 1 is 1.04 bits per heavy atom. The van der Waals surface area contributed by atoms with E-state index < -0.39 is 0 Å². The van der Waals surface area contributed by atoms with E-state index in [0.29, 0.717) is 5.75 Å². The molecule has 0 heterocycles. The van der Waals surface area contributed by atoms with Gasteiger partial charge in [0.25, 0.3) is 5.91 Å². The maximum absolute atomic E-state index is 12.2. The third-order valence-electron chi connectivity index (χ3n) is 3.79. The smallest absolute Gasteiger partial charge is 0.258 e. The molecule has 1 atom stereocenters. The van der Waals surface area contributed by atoms with Crippen molar-refractivity contribution >= 4 is 5.91 Å². The first-order valence-corrected chi connectivity index (χ1v) is 8.04. The Bertz CT molecular complexity index is 705. The van der Waals surface area contributed by atoms with E-state index in [1.807, 2.05) is 58.0 Å². The van der Waals surface area contributed by atoms with E-state index in [4.69, 9.17) is 9.47 Å². The maximum Gasteiger partial charge on any atom is 0.258 e. The average Bonchev–Trinajstić information content (AvgIpc) is 2.52. The summed E-state index contributed by atoms with van der Waals surface area (Å²) in [5, 5.41) is 2.95. The second-order valence-corrected chi connectivity index (χ2v) is 6.15. The fraction of sp³-hybridized carbons (Fsp3) is 0.350. The van der Waals surface area contributed by atoms with Crippen LogP contribution in [-0.4, -0.2) is 19.6 Å². The molecule has 4 heteroatoms. The minimum absolute atomic E-state index is 0.0125. The van der Waals surface area contributed by atoms with E-state index >= 15 is 0 Å². The molecule has 0 spiro atoms. The van der Waals surface area contributed by atoms with Crippen molar-refractivity contribution in [1.29, 1.82) is 0 Å². The number of nitrogens with one attached hydrogen (secondary N) is 1. The van der Waals surface area contributed by atoms with Gasteiger partial charge in [0.05, 0.1) is 13.2 Å². The summed E-state index contributed by atoms with van der Waals surface area (Å²) in [5.74, 6) is 1.32. The number of rotatable bonds is 6. The van der Waals surface area contributed by atoms with E-state index in [9.17, 15) is 4.79 Å². The van der Waals surface area contributed by atoms with Gasteiger partial charge in [-0.15, -0.1) is 0 Å². The number of benzene rings is 2. The largest absolute Gasteiger partial charge is 0.496 e. The lowest BCUT2D eigenvalue weighted by molar-refractivity contribution is -0.123. The molecule has 2 rings (SSSR count). The first-order valence-electron chi connectivity index (χ1n) is 8.04. The Hall–Kier alpha value is -2.49. The topological polar surface area (TPSA) is 47.6 Å². The van der Waals surface area contributed by atoms with Crippen LogP contribution in [0.5, 0.6) is 11.5 Å². The van der Waals surface area contributed by atoms with Gasteiger partial charge in [-0.2, -0.15) is 0 Å². The average molecular weight is 327 g/mol. The standard InChI is InChI=1S/C20H25NO3/c1-13-6-7-19(23-5)18(11-13)16(4)21-20(22)12-24-17-9-14(2)8-15(3)10-17/h6-11,16H,12H2,1-5H3,(H,21,22)/t16-/m1/s1. The van der Waals surface area contributed by atoms with Gasteiger partial charge in [0, 0.05) is 5.56 Å². The predicted octanol–water partition coefficient (Wildman–Crippen LogP) is 3.88. The number of aryl methyl sites for hydroxylation is 3. The molecule has 0 saturated carbocycles. The van der Waals surface area contributed by atoms with Gasteiger partial charge in [0.1, 0.15) is 11.5 Å². The fourth-order valence-electron chi connectivity index (χ4n) is 2.72. The molecule has 0 aromatic heterocycles. The first-order chi connectivity index (χ1) is 11.4. The summed E-state index contributed by atoms with van der Waals surface area (Å²) >= 11 is 0. The lowest BCUT2D eigenvalue weighted by atomic mass is 10.0. The highest BCUT2D eigenvalue weighted by atomic mass is 16.5. The Morgan fingerprint density at radius 3 is 2.33 bits per heavy atom. The summed E-state index contributed by atoms with van der Waals surface area (Å²) < 4.78 is 11.0. The van der Waals surface area contributed by atoms with Crippen LogP contribution in [0.3, 0.4) is 0 Å². The molecule has 0 aliphatic heterocycles. The molecule has 0 aliphatic rings. The summed E-state index contributed by atoms with van der Waals surface area (Å²) in [7, 11) is 1.63. The van der Waals surface area contributed by atoms with Crippen LogP contribution in [0.4, 0.5) is 0 Å². The highest BCUT2D eigenvalue weighted by molar-refractivity contribution is 5.78.